The van der Waals surface area contributed by atoms with E-state index in [0.29, 0.717) is 25.8 Å². The van der Waals surface area contributed by atoms with Crippen molar-refractivity contribution < 1.29 is 42.7 Å². The Kier molecular flexibility index (Phi) is 18.7. The highest BCUT2D eigenvalue weighted by Gasteiger charge is 2.36. The number of Topliss-reactive ketones (excluding diaryl/α,β-unsaturated/α-hetero) is 1. The van der Waals surface area contributed by atoms with Gasteiger partial charge in [0.05, 0.1) is 27.7 Å². The summed E-state index contributed by atoms with van der Waals surface area (Å²) >= 11 is 0. The summed E-state index contributed by atoms with van der Waals surface area (Å²) in [5.41, 5.74) is 0. The van der Waals surface area contributed by atoms with Crippen molar-refractivity contribution in [3.63, 3.8) is 0 Å². The predicted octanol–water partition coefficient (Wildman–Crippen LogP) is 3.14. The zero-order valence-electron chi connectivity index (χ0n) is 28.3. The number of nitrogens with zero attached hydrogens (tertiary/aromatic N) is 3. The molecule has 0 aliphatic carbocycles. The molecule has 0 aromatic heterocycles. The van der Waals surface area contributed by atoms with Crippen LogP contribution in [0.3, 0.4) is 0 Å². The lowest BCUT2D eigenvalue weighted by Gasteiger charge is -2.36. The van der Waals surface area contributed by atoms with Crippen LogP contribution in [0.2, 0.25) is 0 Å². The van der Waals surface area contributed by atoms with Crippen molar-refractivity contribution in [2.75, 3.05) is 54.9 Å². The lowest BCUT2D eigenvalue weighted by molar-refractivity contribution is -0.870. The van der Waals surface area contributed by atoms with Crippen LogP contribution in [0.15, 0.2) is 12.2 Å². The topological polar surface area (TPSA) is 132 Å². The second kappa shape index (κ2) is 20.1. The normalized spacial score (nSPS) is 15.3. The number of alkyl carbamates (subject to hydrolysis) is 1. The quantitative estimate of drug-likeness (QED) is 0.0723. The lowest BCUT2D eigenvalue weighted by atomic mass is 9.91. The Morgan fingerprint density at radius 3 is 2.09 bits per heavy atom. The van der Waals surface area contributed by atoms with Crippen molar-refractivity contribution in [2.24, 2.45) is 5.92 Å². The fourth-order valence-corrected chi connectivity index (χ4v) is 4.76. The Hall–Kier alpha value is -2.99. The van der Waals surface area contributed by atoms with Gasteiger partial charge in [-0.3, -0.25) is 24.1 Å². The highest BCUT2D eigenvalue weighted by molar-refractivity contribution is 5.88. The van der Waals surface area contributed by atoms with Crippen molar-refractivity contribution >= 4 is 29.7 Å². The van der Waals surface area contributed by atoms with Crippen LogP contribution in [0.1, 0.15) is 73.6 Å². The lowest BCUT2D eigenvalue weighted by Crippen LogP contribution is -2.52. The highest BCUT2D eigenvalue weighted by Crippen LogP contribution is 2.21. The summed E-state index contributed by atoms with van der Waals surface area (Å²) in [7, 11) is 9.50. The average Bonchev–Trinajstić information content (AvgIpc) is 2.86. The fourth-order valence-electron chi connectivity index (χ4n) is 4.76. The Labute approximate surface area is 258 Å². The zero-order chi connectivity index (χ0) is 33.3. The maximum absolute atomic E-state index is 13.5. The number of allylic oxidation sites excluding steroid dienone is 2. The molecule has 43 heavy (non-hydrogen) atoms. The molecular formula is C31H57N4O8+. The van der Waals surface area contributed by atoms with Gasteiger partial charge in [0.25, 0.3) is 0 Å². The Bertz CT molecular complexity index is 933. The number of hydrogen-bond donors (Lipinski definition) is 1. The van der Waals surface area contributed by atoms with Gasteiger partial charge in [0.15, 0.2) is 5.78 Å². The van der Waals surface area contributed by atoms with Gasteiger partial charge in [0.1, 0.15) is 24.7 Å². The second-order valence-corrected chi connectivity index (χ2v) is 12.3. The maximum atomic E-state index is 13.5. The van der Waals surface area contributed by atoms with Crippen molar-refractivity contribution in [1.29, 1.82) is 0 Å². The van der Waals surface area contributed by atoms with E-state index < -0.39 is 48.4 Å². The molecule has 0 spiro atoms. The number of nitrogens with one attached hydrogen (secondary N) is 1. The molecule has 12 heteroatoms. The summed E-state index contributed by atoms with van der Waals surface area (Å²) in [5, 5.41) is 2.56. The minimum atomic E-state index is -1.14. The van der Waals surface area contributed by atoms with Gasteiger partial charge >= 0.3 is 18.0 Å². The van der Waals surface area contributed by atoms with Gasteiger partial charge in [-0.15, -0.1) is 0 Å². The van der Waals surface area contributed by atoms with E-state index >= 15 is 0 Å². The van der Waals surface area contributed by atoms with Crippen molar-refractivity contribution in [3.05, 3.63) is 12.2 Å². The van der Waals surface area contributed by atoms with Crippen LogP contribution >= 0.6 is 0 Å². The van der Waals surface area contributed by atoms with E-state index in [-0.39, 0.29) is 18.2 Å². The van der Waals surface area contributed by atoms with E-state index in [4.69, 9.17) is 14.2 Å². The number of likely N-dealkylation sites (N-methyl/N-ethyl adjacent to an activating group) is 2. The number of hydrogen-bond acceptors (Lipinski definition) is 9. The van der Waals surface area contributed by atoms with E-state index in [2.05, 4.69) is 26.5 Å². The third kappa shape index (κ3) is 17.0. The highest BCUT2D eigenvalue weighted by atomic mass is 16.7. The number of carbonyl (C=O) groups excluding carboxylic acids is 5. The van der Waals surface area contributed by atoms with E-state index in [1.807, 2.05) is 44.9 Å². The van der Waals surface area contributed by atoms with Gasteiger partial charge in [0.2, 0.25) is 12.2 Å². The summed E-state index contributed by atoms with van der Waals surface area (Å²) in [6, 6.07) is -1.61. The first-order valence-electron chi connectivity index (χ1n) is 15.1. The summed E-state index contributed by atoms with van der Waals surface area (Å²) in [4.78, 5) is 66.1. The molecule has 0 rings (SSSR count). The minimum Gasteiger partial charge on any atom is -0.459 e. The third-order valence-electron chi connectivity index (χ3n) is 6.86. The molecule has 0 aliphatic rings. The van der Waals surface area contributed by atoms with Crippen LogP contribution in [-0.4, -0.2) is 123 Å². The van der Waals surface area contributed by atoms with E-state index in [1.165, 1.54) is 32.7 Å². The molecule has 0 fully saturated rings. The molecule has 0 bridgehead atoms. The van der Waals surface area contributed by atoms with Crippen LogP contribution in [0, 0.1) is 5.92 Å². The van der Waals surface area contributed by atoms with Gasteiger partial charge in [-0.05, 0) is 65.5 Å². The molecule has 0 heterocycles. The van der Waals surface area contributed by atoms with Crippen LogP contribution in [0.4, 0.5) is 4.79 Å². The molecular weight excluding hydrogens is 556 g/mol. The number of ether oxygens (including phenoxy) is 3. The number of esters is 2. The van der Waals surface area contributed by atoms with Gasteiger partial charge in [-0.2, -0.15) is 0 Å². The van der Waals surface area contributed by atoms with Gasteiger partial charge in [0, 0.05) is 20.9 Å². The third-order valence-corrected chi connectivity index (χ3v) is 6.86. The summed E-state index contributed by atoms with van der Waals surface area (Å²) < 4.78 is 16.6. The molecule has 0 radical (unpaired) electrons. The number of ketones is 1. The van der Waals surface area contributed by atoms with E-state index in [0.717, 1.165) is 23.9 Å². The molecule has 0 aliphatic heterocycles. The first-order chi connectivity index (χ1) is 19.9. The molecule has 1 unspecified atom stereocenters. The van der Waals surface area contributed by atoms with Gasteiger partial charge in [-0.25, -0.2) is 4.79 Å². The standard InChI is InChI=1S/C31H56N4O8/c1-12-14-17-22(3)29(28(23(4)36)33(7)19-13-2)43-27(38)21-34(8)30(39)26(18-15-16-20-35(9,10)11)32-31(40)42-25(6)41-24(5)37/h12,14,22,25-26,28-29H,13,15-21H2,1-11H3/p+1/b14-12+/t22-,25?,26+,28-,29-/m1/s1. The SMILES string of the molecule is C/C=C/C[C@@H](C)[C@@H](OC(=O)CN(C)C(=O)[C@H](CCCC[N+](C)(C)C)NC(=O)OC(C)OC(C)=O)[C@@H](C(C)=O)N(C)CCC. The number of amides is 2. The zero-order valence-corrected chi connectivity index (χ0v) is 28.3. The van der Waals surface area contributed by atoms with Crippen LogP contribution in [-0.2, 0) is 33.4 Å². The predicted molar refractivity (Wildman–Crippen MR) is 165 cm³/mol. The molecule has 5 atom stereocenters. The van der Waals surface area contributed by atoms with Gasteiger partial charge < -0.3 is 28.9 Å². The molecule has 1 N–H and O–H groups in total. The number of carbonyl (C=O) groups is 5. The van der Waals surface area contributed by atoms with Crippen molar-refractivity contribution in [1.82, 2.24) is 15.1 Å². The first-order valence-corrected chi connectivity index (χ1v) is 15.1. The number of quaternary nitrogens is 1. The Morgan fingerprint density at radius 2 is 1.58 bits per heavy atom. The van der Waals surface area contributed by atoms with Crippen LogP contribution in [0.25, 0.3) is 0 Å². The van der Waals surface area contributed by atoms with Crippen molar-refractivity contribution in [3.8, 4) is 0 Å². The summed E-state index contributed by atoms with van der Waals surface area (Å²) in [5.74, 6) is -2.02. The van der Waals surface area contributed by atoms with E-state index in [9.17, 15) is 24.0 Å². The molecule has 0 saturated carbocycles. The molecule has 12 nitrogen and oxygen atoms in total. The number of rotatable bonds is 20. The summed E-state index contributed by atoms with van der Waals surface area (Å²) in [6.45, 7) is 11.1. The van der Waals surface area contributed by atoms with E-state index in [1.54, 1.807) is 0 Å². The fraction of sp³-hybridized carbons (Fsp3) is 0.774. The van der Waals surface area contributed by atoms with Crippen LogP contribution < -0.4 is 5.32 Å². The summed E-state index contributed by atoms with van der Waals surface area (Å²) in [6.07, 6.45) is 4.29. The second-order valence-electron chi connectivity index (χ2n) is 12.3. The maximum Gasteiger partial charge on any atom is 0.410 e. The molecule has 0 aromatic rings. The molecule has 248 valence electrons. The smallest absolute Gasteiger partial charge is 0.410 e. The first kappa shape index (κ1) is 40.0. The number of unbranched alkanes of at least 4 members (excludes halogenated alkanes) is 1. The largest absolute Gasteiger partial charge is 0.459 e. The van der Waals surface area contributed by atoms with Crippen LogP contribution in [0.5, 0.6) is 0 Å². The minimum absolute atomic E-state index is 0.106. The van der Waals surface area contributed by atoms with Crippen molar-refractivity contribution in [2.45, 2.75) is 98.1 Å². The Morgan fingerprint density at radius 1 is 0.953 bits per heavy atom. The monoisotopic (exact) mass is 613 g/mol. The van der Waals surface area contributed by atoms with Gasteiger partial charge in [-0.1, -0.05) is 26.0 Å². The molecule has 2 amide bonds. The molecule has 0 aromatic carbocycles. The molecule has 0 saturated heterocycles. The Balaban J connectivity index is 5.75. The average molecular weight is 614 g/mol.